The Balaban J connectivity index is 2.07. The maximum absolute atomic E-state index is 9.18. The first-order valence-electron chi connectivity index (χ1n) is 5.27. The number of hydrogen-bond donors (Lipinski definition) is 2. The highest BCUT2D eigenvalue weighted by Crippen LogP contribution is 2.21. The van der Waals surface area contributed by atoms with E-state index in [0.717, 1.165) is 5.56 Å². The highest BCUT2D eigenvalue weighted by Gasteiger charge is 2.05. The van der Waals surface area contributed by atoms with Crippen molar-refractivity contribution in [3.8, 4) is 11.8 Å². The van der Waals surface area contributed by atoms with E-state index in [1.54, 1.807) is 12.1 Å². The van der Waals surface area contributed by atoms with Gasteiger partial charge in [0.1, 0.15) is 10.8 Å². The third-order valence-electron chi connectivity index (χ3n) is 2.30. The summed E-state index contributed by atoms with van der Waals surface area (Å²) in [6.07, 6.45) is 1.48. The molecule has 0 spiro atoms. The van der Waals surface area contributed by atoms with E-state index in [0.29, 0.717) is 17.4 Å². The fourth-order valence-corrected chi connectivity index (χ4v) is 1.53. The van der Waals surface area contributed by atoms with Gasteiger partial charge in [-0.2, -0.15) is 4.98 Å². The van der Waals surface area contributed by atoms with Gasteiger partial charge in [0.25, 0.3) is 0 Å². The molecule has 5 nitrogen and oxygen atoms in total. The molecule has 1 aromatic carbocycles. The minimum Gasteiger partial charge on any atom is -0.508 e. The molecule has 0 amide bonds. The number of ether oxygens (including phenoxy) is 1. The smallest absolute Gasteiger partial charge is 0.318 e. The fraction of sp³-hybridized carbons (Fsp3) is 0.167. The first kappa shape index (κ1) is 12.4. The quantitative estimate of drug-likeness (QED) is 0.889. The van der Waals surface area contributed by atoms with Gasteiger partial charge < -0.3 is 15.2 Å². The molecule has 0 aliphatic rings. The van der Waals surface area contributed by atoms with Crippen molar-refractivity contribution in [2.75, 3.05) is 12.4 Å². The van der Waals surface area contributed by atoms with Crippen LogP contribution < -0.4 is 10.1 Å². The largest absolute Gasteiger partial charge is 0.508 e. The molecule has 0 fully saturated rings. The first-order valence-corrected chi connectivity index (χ1v) is 5.65. The molecule has 0 saturated heterocycles. The van der Waals surface area contributed by atoms with E-state index in [2.05, 4.69) is 15.3 Å². The Morgan fingerprint density at radius 3 is 2.72 bits per heavy atom. The van der Waals surface area contributed by atoms with Crippen LogP contribution in [0.25, 0.3) is 0 Å². The van der Waals surface area contributed by atoms with Crippen molar-refractivity contribution in [1.29, 1.82) is 0 Å². The van der Waals surface area contributed by atoms with Crippen molar-refractivity contribution in [3.63, 3.8) is 0 Å². The van der Waals surface area contributed by atoms with Crippen LogP contribution in [-0.4, -0.2) is 22.2 Å². The second-order valence-corrected chi connectivity index (χ2v) is 3.98. The summed E-state index contributed by atoms with van der Waals surface area (Å²) in [6, 6.07) is 7.13. The van der Waals surface area contributed by atoms with Gasteiger partial charge in [-0.05, 0) is 17.7 Å². The molecular weight excluding hydrogens is 254 g/mol. The van der Waals surface area contributed by atoms with Crippen LogP contribution in [0.3, 0.4) is 0 Å². The normalized spacial score (nSPS) is 10.1. The summed E-state index contributed by atoms with van der Waals surface area (Å²) in [4.78, 5) is 7.98. The summed E-state index contributed by atoms with van der Waals surface area (Å²) < 4.78 is 4.92. The molecule has 18 heavy (non-hydrogen) atoms. The van der Waals surface area contributed by atoms with Crippen molar-refractivity contribution < 1.29 is 9.84 Å². The van der Waals surface area contributed by atoms with Crippen LogP contribution in [0, 0.1) is 0 Å². The predicted octanol–water partition coefficient (Wildman–Crippen LogP) is 2.46. The second kappa shape index (κ2) is 5.55. The summed E-state index contributed by atoms with van der Waals surface area (Å²) in [5.74, 6) is 0.747. The lowest BCUT2D eigenvalue weighted by Gasteiger charge is -2.08. The number of nitrogens with one attached hydrogen (secondary N) is 1. The Hall–Kier alpha value is -2.01. The SMILES string of the molecule is COc1ncc(Cl)c(NCc2ccc(O)cc2)n1. The number of nitrogens with zero attached hydrogens (tertiary/aromatic N) is 2. The van der Waals surface area contributed by atoms with Gasteiger partial charge in [-0.3, -0.25) is 0 Å². The van der Waals surface area contributed by atoms with Crippen LogP contribution in [0.4, 0.5) is 5.82 Å². The molecule has 94 valence electrons. The number of phenols is 1. The molecule has 0 unspecified atom stereocenters. The average molecular weight is 266 g/mol. The minimum atomic E-state index is 0.237. The molecule has 0 atom stereocenters. The molecule has 2 aromatic rings. The van der Waals surface area contributed by atoms with E-state index in [1.807, 2.05) is 12.1 Å². The number of aromatic nitrogens is 2. The zero-order valence-electron chi connectivity index (χ0n) is 9.72. The fourth-order valence-electron chi connectivity index (χ4n) is 1.37. The van der Waals surface area contributed by atoms with E-state index in [9.17, 15) is 5.11 Å². The molecule has 1 aromatic heterocycles. The minimum absolute atomic E-state index is 0.237. The highest BCUT2D eigenvalue weighted by molar-refractivity contribution is 6.32. The first-order chi connectivity index (χ1) is 8.69. The van der Waals surface area contributed by atoms with Crippen molar-refractivity contribution in [2.45, 2.75) is 6.54 Å². The molecule has 2 N–H and O–H groups in total. The molecule has 6 heteroatoms. The standard InChI is InChI=1S/C12H12ClN3O2/c1-18-12-15-7-10(13)11(16-12)14-6-8-2-4-9(17)5-3-8/h2-5,7,17H,6H2,1H3,(H,14,15,16). The summed E-state index contributed by atoms with van der Waals surface area (Å²) in [7, 11) is 1.49. The number of aromatic hydroxyl groups is 1. The van der Waals surface area contributed by atoms with Gasteiger partial charge in [0, 0.05) is 6.54 Å². The Morgan fingerprint density at radius 1 is 1.33 bits per heavy atom. The van der Waals surface area contributed by atoms with Crippen LogP contribution >= 0.6 is 11.6 Å². The summed E-state index contributed by atoms with van der Waals surface area (Å²) >= 11 is 5.96. The number of benzene rings is 1. The van der Waals surface area contributed by atoms with E-state index in [-0.39, 0.29) is 11.8 Å². The Labute approximate surface area is 109 Å². The van der Waals surface area contributed by atoms with Crippen molar-refractivity contribution in [2.24, 2.45) is 0 Å². The third kappa shape index (κ3) is 3.01. The summed E-state index contributed by atoms with van der Waals surface area (Å²) in [5, 5.41) is 12.7. The van der Waals surface area contributed by atoms with Crippen LogP contribution in [0.15, 0.2) is 30.5 Å². The number of rotatable bonds is 4. The molecular formula is C12H12ClN3O2. The van der Waals surface area contributed by atoms with Gasteiger partial charge in [0.05, 0.1) is 13.3 Å². The molecule has 2 rings (SSSR count). The lowest BCUT2D eigenvalue weighted by molar-refractivity contribution is 0.380. The monoisotopic (exact) mass is 265 g/mol. The van der Waals surface area contributed by atoms with Gasteiger partial charge >= 0.3 is 6.01 Å². The maximum atomic E-state index is 9.18. The van der Waals surface area contributed by atoms with Gasteiger partial charge in [-0.1, -0.05) is 23.7 Å². The van der Waals surface area contributed by atoms with E-state index in [1.165, 1.54) is 13.3 Å². The maximum Gasteiger partial charge on any atom is 0.318 e. The van der Waals surface area contributed by atoms with Gasteiger partial charge in [-0.15, -0.1) is 0 Å². The van der Waals surface area contributed by atoms with Gasteiger partial charge in [0.2, 0.25) is 0 Å². The molecule has 0 bridgehead atoms. The highest BCUT2D eigenvalue weighted by atomic mass is 35.5. The van der Waals surface area contributed by atoms with Crippen molar-refractivity contribution >= 4 is 17.4 Å². The van der Waals surface area contributed by atoms with Crippen LogP contribution in [-0.2, 0) is 6.54 Å². The van der Waals surface area contributed by atoms with Crippen LogP contribution in [0.5, 0.6) is 11.8 Å². The second-order valence-electron chi connectivity index (χ2n) is 3.57. The third-order valence-corrected chi connectivity index (χ3v) is 2.58. The number of hydrogen-bond acceptors (Lipinski definition) is 5. The van der Waals surface area contributed by atoms with Crippen molar-refractivity contribution in [3.05, 3.63) is 41.0 Å². The average Bonchev–Trinajstić information content (AvgIpc) is 2.40. The molecule has 0 aliphatic carbocycles. The number of phenolic OH excluding ortho intramolecular Hbond substituents is 1. The lowest BCUT2D eigenvalue weighted by Crippen LogP contribution is -2.03. The van der Waals surface area contributed by atoms with Gasteiger partial charge in [0.15, 0.2) is 5.82 Å². The number of anilines is 1. The number of halogens is 1. The van der Waals surface area contributed by atoms with Crippen LogP contribution in [0.2, 0.25) is 5.02 Å². The van der Waals surface area contributed by atoms with E-state index < -0.39 is 0 Å². The summed E-state index contributed by atoms with van der Waals surface area (Å²) in [6.45, 7) is 0.542. The van der Waals surface area contributed by atoms with Gasteiger partial charge in [-0.25, -0.2) is 4.98 Å². The zero-order valence-corrected chi connectivity index (χ0v) is 10.5. The Kier molecular flexibility index (Phi) is 3.84. The lowest BCUT2D eigenvalue weighted by atomic mass is 10.2. The Morgan fingerprint density at radius 2 is 2.06 bits per heavy atom. The topological polar surface area (TPSA) is 67.3 Å². The predicted molar refractivity (Wildman–Crippen MR) is 69.0 cm³/mol. The van der Waals surface area contributed by atoms with E-state index in [4.69, 9.17) is 16.3 Å². The number of methoxy groups -OCH3 is 1. The van der Waals surface area contributed by atoms with Crippen molar-refractivity contribution in [1.82, 2.24) is 9.97 Å². The molecule has 0 aliphatic heterocycles. The molecule has 0 radical (unpaired) electrons. The Bertz CT molecular complexity index is 531. The molecule has 1 heterocycles. The van der Waals surface area contributed by atoms with Crippen LogP contribution in [0.1, 0.15) is 5.56 Å². The zero-order chi connectivity index (χ0) is 13.0. The molecule has 0 saturated carbocycles. The van der Waals surface area contributed by atoms with E-state index >= 15 is 0 Å². The summed E-state index contributed by atoms with van der Waals surface area (Å²) in [5.41, 5.74) is 1.00.